The number of nitrogens with zero attached hydrogens (tertiary/aromatic N) is 2. The van der Waals surface area contributed by atoms with Crippen LogP contribution in [-0.2, 0) is 11.3 Å². The molecule has 0 aromatic carbocycles. The molecule has 0 radical (unpaired) electrons. The number of aromatic nitrogens is 1. The van der Waals surface area contributed by atoms with Crippen LogP contribution in [0.5, 0.6) is 0 Å². The van der Waals surface area contributed by atoms with E-state index >= 15 is 0 Å². The van der Waals surface area contributed by atoms with Gasteiger partial charge >= 0.3 is 0 Å². The first-order valence-electron chi connectivity index (χ1n) is 8.45. The molecular formula is C18H20N4O3S. The average Bonchev–Trinajstić information content (AvgIpc) is 3.32. The highest BCUT2D eigenvalue weighted by Crippen LogP contribution is 2.15. The number of nitrogens with one attached hydrogen (secondary N) is 2. The quantitative estimate of drug-likeness (QED) is 0.836. The molecule has 2 aromatic rings. The van der Waals surface area contributed by atoms with Gasteiger partial charge in [-0.05, 0) is 31.5 Å². The number of nitriles is 1. The number of thiophene rings is 1. The van der Waals surface area contributed by atoms with Gasteiger partial charge in [-0.3, -0.25) is 9.59 Å². The Kier molecular flexibility index (Phi) is 5.71. The minimum atomic E-state index is -0.323. The summed E-state index contributed by atoms with van der Waals surface area (Å²) in [6.07, 6.45) is 2.48. The number of ether oxygens (including phenoxy) is 1. The van der Waals surface area contributed by atoms with E-state index in [4.69, 9.17) is 10.00 Å². The van der Waals surface area contributed by atoms with Crippen LogP contribution >= 0.6 is 11.3 Å². The Morgan fingerprint density at radius 1 is 1.38 bits per heavy atom. The first-order chi connectivity index (χ1) is 12.6. The third kappa shape index (κ3) is 3.95. The van der Waals surface area contributed by atoms with Gasteiger partial charge in [0.25, 0.3) is 11.8 Å². The highest BCUT2D eigenvalue weighted by molar-refractivity contribution is 7.10. The van der Waals surface area contributed by atoms with Gasteiger partial charge in [0.05, 0.1) is 24.3 Å². The predicted octanol–water partition coefficient (Wildman–Crippen LogP) is 1.76. The van der Waals surface area contributed by atoms with Crippen LogP contribution in [0.3, 0.4) is 0 Å². The Hall–Kier alpha value is -2.63. The van der Waals surface area contributed by atoms with E-state index in [0.29, 0.717) is 42.3 Å². The maximum absolute atomic E-state index is 12.6. The summed E-state index contributed by atoms with van der Waals surface area (Å²) in [7, 11) is 0. The van der Waals surface area contributed by atoms with E-state index in [2.05, 4.69) is 10.6 Å². The third-order valence-electron chi connectivity index (χ3n) is 4.36. The fraction of sp³-hybridized carbons (Fsp3) is 0.389. The van der Waals surface area contributed by atoms with Crippen molar-refractivity contribution in [1.29, 1.82) is 5.26 Å². The van der Waals surface area contributed by atoms with Gasteiger partial charge < -0.3 is 19.9 Å². The molecule has 2 aromatic heterocycles. The van der Waals surface area contributed by atoms with Crippen molar-refractivity contribution in [3.63, 3.8) is 0 Å². The molecule has 1 fully saturated rings. The number of hydrogen-bond acceptors (Lipinski definition) is 5. The van der Waals surface area contributed by atoms with Crippen molar-refractivity contribution in [1.82, 2.24) is 15.2 Å². The fourth-order valence-corrected chi connectivity index (χ4v) is 3.63. The first-order valence-corrected chi connectivity index (χ1v) is 9.33. The Labute approximate surface area is 155 Å². The summed E-state index contributed by atoms with van der Waals surface area (Å²) in [5.74, 6) is -0.431. The number of hydrogen-bond donors (Lipinski definition) is 2. The van der Waals surface area contributed by atoms with Gasteiger partial charge in [-0.15, -0.1) is 11.3 Å². The van der Waals surface area contributed by atoms with E-state index in [-0.39, 0.29) is 23.9 Å². The lowest BCUT2D eigenvalue weighted by Crippen LogP contribution is -2.56. The number of carbonyl (C=O) groups is 2. The van der Waals surface area contributed by atoms with Crippen molar-refractivity contribution >= 4 is 23.2 Å². The number of rotatable bonds is 5. The lowest BCUT2D eigenvalue weighted by atomic mass is 10.0. The normalized spacial score (nSPS) is 19.5. The molecule has 2 N–H and O–H groups in total. The smallest absolute Gasteiger partial charge is 0.268 e. The molecule has 3 rings (SSSR count). The molecule has 2 amide bonds. The second kappa shape index (κ2) is 8.17. The Morgan fingerprint density at radius 3 is 2.92 bits per heavy atom. The lowest BCUT2D eigenvalue weighted by molar-refractivity contribution is 0.0434. The molecule has 136 valence electrons. The van der Waals surface area contributed by atoms with Crippen molar-refractivity contribution < 1.29 is 14.3 Å². The van der Waals surface area contributed by atoms with E-state index in [0.717, 1.165) is 0 Å². The zero-order valence-corrected chi connectivity index (χ0v) is 15.2. The van der Waals surface area contributed by atoms with Gasteiger partial charge in [-0.25, -0.2) is 0 Å². The fourth-order valence-electron chi connectivity index (χ4n) is 2.96. The second-order valence-electron chi connectivity index (χ2n) is 6.01. The molecule has 0 spiro atoms. The molecular weight excluding hydrogens is 352 g/mol. The zero-order chi connectivity index (χ0) is 18.5. The summed E-state index contributed by atoms with van der Waals surface area (Å²) in [6.45, 7) is 3.55. The second-order valence-corrected chi connectivity index (χ2v) is 6.93. The van der Waals surface area contributed by atoms with E-state index < -0.39 is 0 Å². The average molecular weight is 372 g/mol. The topological polar surface area (TPSA) is 96.2 Å². The molecule has 3 heterocycles. The lowest BCUT2D eigenvalue weighted by Gasteiger charge is -2.32. The van der Waals surface area contributed by atoms with Crippen molar-refractivity contribution in [2.24, 2.45) is 0 Å². The molecule has 1 aliphatic heterocycles. The van der Waals surface area contributed by atoms with Crippen molar-refractivity contribution in [3.05, 3.63) is 45.9 Å². The van der Waals surface area contributed by atoms with Gasteiger partial charge in [-0.2, -0.15) is 5.26 Å². The molecule has 26 heavy (non-hydrogen) atoms. The Morgan fingerprint density at radius 2 is 2.19 bits per heavy atom. The van der Waals surface area contributed by atoms with Gasteiger partial charge in [0.2, 0.25) is 0 Å². The summed E-state index contributed by atoms with van der Waals surface area (Å²) >= 11 is 1.23. The molecule has 0 unspecified atom stereocenters. The number of amides is 2. The standard InChI is InChI=1S/C18H20N4O3S/c1-2-22-6-3-4-16(22)18(24)20-14-5-7-25-10-15(14)21-17(23)12-8-13(9-19)26-11-12/h3-4,6,8,11,14-15H,2,5,7,10H2,1H3,(H,20,24)(H,21,23)/t14-,15+/m1/s1. The maximum atomic E-state index is 12.6. The number of carbonyl (C=O) groups excluding carboxylic acids is 2. The maximum Gasteiger partial charge on any atom is 0.268 e. The van der Waals surface area contributed by atoms with Crippen LogP contribution in [0.2, 0.25) is 0 Å². The molecule has 1 aliphatic rings. The third-order valence-corrected chi connectivity index (χ3v) is 5.20. The van der Waals surface area contributed by atoms with Gasteiger partial charge in [-0.1, -0.05) is 0 Å². The summed E-state index contributed by atoms with van der Waals surface area (Å²) in [6, 6.07) is 6.66. The molecule has 7 nitrogen and oxygen atoms in total. The highest BCUT2D eigenvalue weighted by atomic mass is 32.1. The van der Waals surface area contributed by atoms with E-state index in [1.54, 1.807) is 17.5 Å². The van der Waals surface area contributed by atoms with Crippen LogP contribution in [0.1, 0.15) is 39.1 Å². The summed E-state index contributed by atoms with van der Waals surface area (Å²) in [5, 5.41) is 16.5. The SMILES string of the molecule is CCn1cccc1C(=O)N[C@@H]1CCOC[C@@H]1NC(=O)c1csc(C#N)c1. The summed E-state index contributed by atoms with van der Waals surface area (Å²) in [4.78, 5) is 25.5. The minimum absolute atomic E-state index is 0.162. The highest BCUT2D eigenvalue weighted by Gasteiger charge is 2.29. The first kappa shape index (κ1) is 18.2. The molecule has 0 bridgehead atoms. The van der Waals surface area contributed by atoms with Crippen molar-refractivity contribution in [2.75, 3.05) is 13.2 Å². The molecule has 1 saturated heterocycles. The van der Waals surface area contributed by atoms with Crippen LogP contribution in [0, 0.1) is 11.3 Å². The van der Waals surface area contributed by atoms with Gasteiger partial charge in [0.15, 0.2) is 0 Å². The van der Waals surface area contributed by atoms with Gasteiger partial charge in [0, 0.05) is 24.7 Å². The minimum Gasteiger partial charge on any atom is -0.379 e. The monoisotopic (exact) mass is 372 g/mol. The number of aryl methyl sites for hydroxylation is 1. The Balaban J connectivity index is 1.67. The van der Waals surface area contributed by atoms with Crippen LogP contribution in [0.4, 0.5) is 0 Å². The largest absolute Gasteiger partial charge is 0.379 e. The van der Waals surface area contributed by atoms with Crippen molar-refractivity contribution in [3.8, 4) is 6.07 Å². The van der Waals surface area contributed by atoms with Gasteiger partial charge in [0.1, 0.15) is 16.6 Å². The molecule has 2 atom stereocenters. The van der Waals surface area contributed by atoms with Crippen LogP contribution in [0.15, 0.2) is 29.8 Å². The van der Waals surface area contributed by atoms with E-state index in [9.17, 15) is 9.59 Å². The van der Waals surface area contributed by atoms with Crippen LogP contribution in [-0.4, -0.2) is 41.7 Å². The van der Waals surface area contributed by atoms with E-state index in [1.165, 1.54) is 11.3 Å². The van der Waals surface area contributed by atoms with Crippen LogP contribution < -0.4 is 10.6 Å². The molecule has 8 heteroatoms. The predicted molar refractivity (Wildman–Crippen MR) is 97.1 cm³/mol. The molecule has 0 aliphatic carbocycles. The Bertz CT molecular complexity index is 836. The van der Waals surface area contributed by atoms with E-state index in [1.807, 2.05) is 29.8 Å². The zero-order valence-electron chi connectivity index (χ0n) is 14.4. The summed E-state index contributed by atoms with van der Waals surface area (Å²) in [5.41, 5.74) is 1.04. The molecule has 0 saturated carbocycles. The van der Waals surface area contributed by atoms with Crippen LogP contribution in [0.25, 0.3) is 0 Å². The van der Waals surface area contributed by atoms with Crippen molar-refractivity contribution in [2.45, 2.75) is 32.0 Å². The summed E-state index contributed by atoms with van der Waals surface area (Å²) < 4.78 is 7.34.